The van der Waals surface area contributed by atoms with Gasteiger partial charge in [0.1, 0.15) is 37.9 Å². The van der Waals surface area contributed by atoms with Gasteiger partial charge < -0.3 is 18.9 Å². The van der Waals surface area contributed by atoms with Crippen LogP contribution in [-0.4, -0.2) is 38.4 Å². The minimum absolute atomic E-state index is 0.157. The van der Waals surface area contributed by atoms with E-state index in [1.807, 2.05) is 0 Å². The number of hydrogen-bond donors (Lipinski definition) is 0. The molecule has 0 heterocycles. The van der Waals surface area contributed by atoms with E-state index in [9.17, 15) is 9.59 Å². The van der Waals surface area contributed by atoms with Crippen molar-refractivity contribution in [1.82, 2.24) is 0 Å². The van der Waals surface area contributed by atoms with Crippen LogP contribution in [0.4, 0.5) is 0 Å². The summed E-state index contributed by atoms with van der Waals surface area (Å²) in [6, 6.07) is 6.38. The molecule has 6 heteroatoms. The Labute approximate surface area is 200 Å². The molecular weight excluding hydrogens is 432 g/mol. The molecule has 3 atom stereocenters. The maximum absolute atomic E-state index is 11.4. The molecule has 34 heavy (non-hydrogen) atoms. The zero-order valence-corrected chi connectivity index (χ0v) is 19.9. The minimum Gasteiger partial charge on any atom is -0.489 e. The zero-order valence-electron chi connectivity index (χ0n) is 19.9. The number of benzene rings is 2. The van der Waals surface area contributed by atoms with E-state index in [4.69, 9.17) is 18.9 Å². The number of hydrogen-bond acceptors (Lipinski definition) is 6. The van der Waals surface area contributed by atoms with E-state index < -0.39 is 11.9 Å². The third-order valence-corrected chi connectivity index (χ3v) is 6.90. The van der Waals surface area contributed by atoms with Crippen molar-refractivity contribution >= 4 is 22.7 Å². The number of rotatable bonds is 11. The van der Waals surface area contributed by atoms with Gasteiger partial charge in [0.15, 0.2) is 0 Å². The van der Waals surface area contributed by atoms with E-state index in [-0.39, 0.29) is 26.4 Å². The predicted octanol–water partition coefficient (Wildman–Crippen LogP) is 5.23. The highest BCUT2D eigenvalue weighted by Gasteiger charge is 2.46. The Morgan fingerprint density at radius 3 is 2.12 bits per heavy atom. The largest absolute Gasteiger partial charge is 0.489 e. The van der Waals surface area contributed by atoms with Crippen molar-refractivity contribution in [2.24, 2.45) is 5.92 Å². The Hall–Kier alpha value is -3.28. The Morgan fingerprint density at radius 2 is 1.53 bits per heavy atom. The van der Waals surface area contributed by atoms with E-state index in [2.05, 4.69) is 45.2 Å². The fourth-order valence-electron chi connectivity index (χ4n) is 5.39. The standard InChI is InChI=1S/C28H32O6/c1-5-18-8-9-20-22(15-18)28(34-13-11-32-24(30)7-3)25-19-14-17(4)21(16-19)26(25)27(20)33-12-10-31-23(29)6-2/h6-9,15,17,19,21H,2-3,5,10-14,16H2,1,4H3. The van der Waals surface area contributed by atoms with Gasteiger partial charge in [-0.2, -0.15) is 0 Å². The van der Waals surface area contributed by atoms with Crippen molar-refractivity contribution in [3.8, 4) is 11.5 Å². The molecule has 0 spiro atoms. The molecule has 2 aromatic rings. The van der Waals surface area contributed by atoms with Crippen LogP contribution in [0.15, 0.2) is 43.5 Å². The number of fused-ring (bicyclic) bond motifs is 6. The highest BCUT2D eigenvalue weighted by molar-refractivity contribution is 5.97. The van der Waals surface area contributed by atoms with Crippen LogP contribution < -0.4 is 9.47 Å². The Morgan fingerprint density at radius 1 is 0.912 bits per heavy atom. The van der Waals surface area contributed by atoms with Crippen molar-refractivity contribution in [2.75, 3.05) is 26.4 Å². The summed E-state index contributed by atoms with van der Waals surface area (Å²) in [5.74, 6) is 2.21. The topological polar surface area (TPSA) is 71.1 Å². The first-order chi connectivity index (χ1) is 16.5. The molecule has 0 amide bonds. The second-order valence-corrected chi connectivity index (χ2v) is 8.91. The summed E-state index contributed by atoms with van der Waals surface area (Å²) in [6.45, 7) is 12.1. The quantitative estimate of drug-likeness (QED) is 0.258. The second kappa shape index (κ2) is 10.3. The Kier molecular flexibility index (Phi) is 7.25. The maximum Gasteiger partial charge on any atom is 0.330 e. The lowest BCUT2D eigenvalue weighted by Crippen LogP contribution is -2.16. The zero-order chi connectivity index (χ0) is 24.2. The van der Waals surface area contributed by atoms with Crippen LogP contribution in [0.1, 0.15) is 55.2 Å². The van der Waals surface area contributed by atoms with Gasteiger partial charge in [-0.3, -0.25) is 0 Å². The fraction of sp³-hybridized carbons (Fsp3) is 0.429. The second-order valence-electron chi connectivity index (χ2n) is 8.91. The third kappa shape index (κ3) is 4.54. The van der Waals surface area contributed by atoms with E-state index in [1.165, 1.54) is 16.7 Å². The molecule has 4 rings (SSSR count). The molecule has 0 aliphatic heterocycles. The number of carbonyl (C=O) groups excluding carboxylic acids is 2. The smallest absolute Gasteiger partial charge is 0.330 e. The van der Waals surface area contributed by atoms with E-state index in [0.29, 0.717) is 17.8 Å². The lowest BCUT2D eigenvalue weighted by Gasteiger charge is -2.28. The van der Waals surface area contributed by atoms with Crippen LogP contribution >= 0.6 is 0 Å². The fourth-order valence-corrected chi connectivity index (χ4v) is 5.39. The van der Waals surface area contributed by atoms with E-state index in [0.717, 1.165) is 53.7 Å². The molecular formula is C28H32O6. The summed E-state index contributed by atoms with van der Waals surface area (Å²) in [7, 11) is 0. The van der Waals surface area contributed by atoms with Gasteiger partial charge in [0.05, 0.1) is 0 Å². The molecule has 6 nitrogen and oxygen atoms in total. The number of aryl methyl sites for hydroxylation is 1. The molecule has 0 radical (unpaired) electrons. The first kappa shape index (κ1) is 23.9. The maximum atomic E-state index is 11.4. The summed E-state index contributed by atoms with van der Waals surface area (Å²) >= 11 is 0. The molecule has 0 saturated heterocycles. The molecule has 2 aromatic carbocycles. The van der Waals surface area contributed by atoms with Crippen LogP contribution in [0.2, 0.25) is 0 Å². The first-order valence-electron chi connectivity index (χ1n) is 11.9. The SMILES string of the molecule is C=CC(=O)OCCOc1c2c(c(OCCOC(=O)C=C)c3ccc(CC)cc13)C1CC2CC1C. The van der Waals surface area contributed by atoms with Crippen molar-refractivity contribution in [3.63, 3.8) is 0 Å². The molecule has 3 unspecified atom stereocenters. The molecule has 0 N–H and O–H groups in total. The molecule has 1 fully saturated rings. The van der Waals surface area contributed by atoms with E-state index in [1.54, 1.807) is 0 Å². The lowest BCUT2D eigenvalue weighted by atomic mass is 9.81. The van der Waals surface area contributed by atoms with Crippen LogP contribution in [0.5, 0.6) is 11.5 Å². The lowest BCUT2D eigenvalue weighted by molar-refractivity contribution is -0.139. The van der Waals surface area contributed by atoms with Gasteiger partial charge in [-0.1, -0.05) is 39.1 Å². The highest BCUT2D eigenvalue weighted by atomic mass is 16.6. The average Bonchev–Trinajstić information content (AvgIpc) is 3.41. The summed E-state index contributed by atoms with van der Waals surface area (Å²) in [6.07, 6.45) is 5.41. The Bertz CT molecular complexity index is 1120. The third-order valence-electron chi connectivity index (χ3n) is 6.90. The van der Waals surface area contributed by atoms with Gasteiger partial charge in [0.25, 0.3) is 0 Å². The van der Waals surface area contributed by atoms with Gasteiger partial charge in [-0.05, 0) is 48.6 Å². The number of carbonyl (C=O) groups is 2. The number of ether oxygens (including phenoxy) is 4. The van der Waals surface area contributed by atoms with Crippen molar-refractivity contribution in [3.05, 3.63) is 60.2 Å². The first-order valence-corrected chi connectivity index (χ1v) is 11.9. The van der Waals surface area contributed by atoms with Gasteiger partial charge in [0, 0.05) is 34.1 Å². The van der Waals surface area contributed by atoms with Crippen LogP contribution in [0.3, 0.4) is 0 Å². The van der Waals surface area contributed by atoms with Crippen molar-refractivity contribution in [1.29, 1.82) is 0 Å². The van der Waals surface area contributed by atoms with Crippen LogP contribution in [-0.2, 0) is 25.5 Å². The van der Waals surface area contributed by atoms with Crippen molar-refractivity contribution in [2.45, 2.75) is 44.9 Å². The van der Waals surface area contributed by atoms with Crippen LogP contribution in [0.25, 0.3) is 10.8 Å². The average molecular weight is 465 g/mol. The highest BCUT2D eigenvalue weighted by Crippen LogP contribution is 2.63. The number of esters is 2. The molecule has 2 bridgehead atoms. The summed E-state index contributed by atoms with van der Waals surface area (Å²) < 4.78 is 22.9. The normalized spacial score (nSPS) is 20.0. The minimum atomic E-state index is -0.458. The van der Waals surface area contributed by atoms with Gasteiger partial charge >= 0.3 is 11.9 Å². The monoisotopic (exact) mass is 464 g/mol. The summed E-state index contributed by atoms with van der Waals surface area (Å²) in [4.78, 5) is 22.9. The Balaban J connectivity index is 1.73. The molecule has 2 aliphatic carbocycles. The predicted molar refractivity (Wildman–Crippen MR) is 131 cm³/mol. The molecule has 180 valence electrons. The van der Waals surface area contributed by atoms with Crippen molar-refractivity contribution < 1.29 is 28.5 Å². The molecule has 1 saturated carbocycles. The summed E-state index contributed by atoms with van der Waals surface area (Å²) in [5, 5.41) is 2.00. The van der Waals surface area contributed by atoms with Gasteiger partial charge in [-0.15, -0.1) is 0 Å². The molecule has 2 aliphatic rings. The summed E-state index contributed by atoms with van der Waals surface area (Å²) in [5.41, 5.74) is 3.64. The van der Waals surface area contributed by atoms with Crippen LogP contribution in [0, 0.1) is 5.92 Å². The molecule has 0 aromatic heterocycles. The van der Waals surface area contributed by atoms with Gasteiger partial charge in [-0.25, -0.2) is 9.59 Å². The van der Waals surface area contributed by atoms with Gasteiger partial charge in [0.2, 0.25) is 0 Å². The van der Waals surface area contributed by atoms with E-state index >= 15 is 0 Å².